The molecular weight excluding hydrogens is 220 g/mol. The zero-order valence-corrected chi connectivity index (χ0v) is 10.4. The summed E-state index contributed by atoms with van der Waals surface area (Å²) in [5, 5.41) is 4.23. The lowest BCUT2D eigenvalue weighted by Gasteiger charge is -2.31. The smallest absolute Gasteiger partial charge is 0.0765 e. The number of nitrogens with two attached hydrogens (primary N) is 1. The number of nitrogen functional groups attached to an aromatic ring is 1. The van der Waals surface area contributed by atoms with Crippen molar-refractivity contribution in [3.05, 3.63) is 23.2 Å². The Morgan fingerprint density at radius 2 is 2.06 bits per heavy atom. The second kappa shape index (κ2) is 4.96. The normalized spacial score (nSPS) is 25.4. The van der Waals surface area contributed by atoms with Gasteiger partial charge in [-0.15, -0.1) is 0 Å². The first-order chi connectivity index (χ1) is 7.68. The summed E-state index contributed by atoms with van der Waals surface area (Å²) < 4.78 is 0. The van der Waals surface area contributed by atoms with E-state index >= 15 is 0 Å². The molecule has 3 heteroatoms. The molecule has 2 atom stereocenters. The zero-order valence-electron chi connectivity index (χ0n) is 9.67. The quantitative estimate of drug-likeness (QED) is 0.767. The van der Waals surface area contributed by atoms with E-state index in [0.717, 1.165) is 16.4 Å². The standard InChI is InChI=1S/C13H19ClN2/c1-9-5-2-3-8-12(9)16-13-10(14)6-4-7-11(13)15/h4,6-7,9,12,16H,2-3,5,8,15H2,1H3. The molecule has 1 aromatic carbocycles. The van der Waals surface area contributed by atoms with E-state index in [-0.39, 0.29) is 0 Å². The van der Waals surface area contributed by atoms with Gasteiger partial charge in [0.25, 0.3) is 0 Å². The maximum absolute atomic E-state index is 6.15. The van der Waals surface area contributed by atoms with Crippen LogP contribution in [0, 0.1) is 5.92 Å². The number of benzene rings is 1. The summed E-state index contributed by atoms with van der Waals surface area (Å²) in [6.45, 7) is 2.30. The summed E-state index contributed by atoms with van der Waals surface area (Å²) in [6, 6.07) is 6.17. The van der Waals surface area contributed by atoms with Gasteiger partial charge in [0.05, 0.1) is 16.4 Å². The third-order valence-electron chi connectivity index (χ3n) is 3.49. The summed E-state index contributed by atoms with van der Waals surface area (Å²) in [5.74, 6) is 0.699. The predicted molar refractivity (Wildman–Crippen MR) is 70.9 cm³/mol. The molecule has 2 rings (SSSR count). The number of halogens is 1. The molecule has 0 heterocycles. The Hall–Kier alpha value is -0.890. The highest BCUT2D eigenvalue weighted by Gasteiger charge is 2.22. The molecule has 0 bridgehead atoms. The van der Waals surface area contributed by atoms with Crippen molar-refractivity contribution in [1.29, 1.82) is 0 Å². The van der Waals surface area contributed by atoms with Crippen LogP contribution < -0.4 is 11.1 Å². The second-order valence-corrected chi connectivity index (χ2v) is 5.12. The van der Waals surface area contributed by atoms with Crippen LogP contribution >= 0.6 is 11.6 Å². The van der Waals surface area contributed by atoms with E-state index in [1.54, 1.807) is 0 Å². The number of anilines is 2. The lowest BCUT2D eigenvalue weighted by atomic mass is 9.86. The van der Waals surface area contributed by atoms with E-state index in [1.807, 2.05) is 18.2 Å². The van der Waals surface area contributed by atoms with Gasteiger partial charge in [0, 0.05) is 6.04 Å². The van der Waals surface area contributed by atoms with Crippen LogP contribution in [0.3, 0.4) is 0 Å². The van der Waals surface area contributed by atoms with Crippen molar-refractivity contribution in [2.45, 2.75) is 38.6 Å². The first-order valence-corrected chi connectivity index (χ1v) is 6.37. The minimum atomic E-state index is 0.510. The average molecular weight is 239 g/mol. The van der Waals surface area contributed by atoms with Crippen molar-refractivity contribution < 1.29 is 0 Å². The van der Waals surface area contributed by atoms with Crippen LogP contribution in [-0.2, 0) is 0 Å². The van der Waals surface area contributed by atoms with Crippen LogP contribution in [-0.4, -0.2) is 6.04 Å². The van der Waals surface area contributed by atoms with Crippen molar-refractivity contribution >= 4 is 23.0 Å². The minimum absolute atomic E-state index is 0.510. The molecule has 2 unspecified atom stereocenters. The first-order valence-electron chi connectivity index (χ1n) is 5.99. The number of nitrogens with one attached hydrogen (secondary N) is 1. The van der Waals surface area contributed by atoms with Gasteiger partial charge in [0.15, 0.2) is 0 Å². The first kappa shape index (κ1) is 11.6. The fourth-order valence-corrected chi connectivity index (χ4v) is 2.65. The predicted octanol–water partition coefficient (Wildman–Crippen LogP) is 3.91. The summed E-state index contributed by atoms with van der Waals surface area (Å²) in [7, 11) is 0. The van der Waals surface area contributed by atoms with E-state index in [0.29, 0.717) is 12.0 Å². The zero-order chi connectivity index (χ0) is 11.5. The molecule has 1 aliphatic carbocycles. The Bertz CT molecular complexity index is 345. The molecule has 1 saturated carbocycles. The van der Waals surface area contributed by atoms with Crippen LogP contribution in [0.5, 0.6) is 0 Å². The van der Waals surface area contributed by atoms with Gasteiger partial charge in [0.1, 0.15) is 0 Å². The average Bonchev–Trinajstić information content (AvgIpc) is 2.26. The lowest BCUT2D eigenvalue weighted by Crippen LogP contribution is -2.30. The topological polar surface area (TPSA) is 38.0 Å². The highest BCUT2D eigenvalue weighted by atomic mass is 35.5. The maximum atomic E-state index is 6.15. The molecular formula is C13H19ClN2. The highest BCUT2D eigenvalue weighted by Crippen LogP contribution is 2.33. The fraction of sp³-hybridized carbons (Fsp3) is 0.538. The van der Waals surface area contributed by atoms with E-state index in [4.69, 9.17) is 17.3 Å². The van der Waals surface area contributed by atoms with Gasteiger partial charge in [-0.05, 0) is 30.9 Å². The van der Waals surface area contributed by atoms with Crippen molar-refractivity contribution in [3.63, 3.8) is 0 Å². The lowest BCUT2D eigenvalue weighted by molar-refractivity contribution is 0.349. The number of hydrogen-bond donors (Lipinski definition) is 2. The summed E-state index contributed by atoms with van der Waals surface area (Å²) >= 11 is 6.15. The van der Waals surface area contributed by atoms with Crippen molar-refractivity contribution in [3.8, 4) is 0 Å². The molecule has 0 saturated heterocycles. The minimum Gasteiger partial charge on any atom is -0.397 e. The Morgan fingerprint density at radius 3 is 2.75 bits per heavy atom. The van der Waals surface area contributed by atoms with E-state index < -0.39 is 0 Å². The van der Waals surface area contributed by atoms with Crippen molar-refractivity contribution in [1.82, 2.24) is 0 Å². The molecule has 3 N–H and O–H groups in total. The van der Waals surface area contributed by atoms with E-state index in [9.17, 15) is 0 Å². The molecule has 88 valence electrons. The molecule has 1 fully saturated rings. The summed E-state index contributed by atoms with van der Waals surface area (Å²) in [6.07, 6.45) is 5.15. The number of rotatable bonds is 2. The molecule has 0 radical (unpaired) electrons. The molecule has 0 aliphatic heterocycles. The highest BCUT2D eigenvalue weighted by molar-refractivity contribution is 6.33. The summed E-state index contributed by atoms with van der Waals surface area (Å²) in [4.78, 5) is 0. The molecule has 0 amide bonds. The monoisotopic (exact) mass is 238 g/mol. The SMILES string of the molecule is CC1CCCCC1Nc1c(N)cccc1Cl. The largest absolute Gasteiger partial charge is 0.397 e. The Kier molecular flexibility index (Phi) is 3.59. The molecule has 2 nitrogen and oxygen atoms in total. The number of para-hydroxylation sites is 1. The molecule has 1 aromatic rings. The Labute approximate surface area is 102 Å². The molecule has 16 heavy (non-hydrogen) atoms. The Morgan fingerprint density at radius 1 is 1.31 bits per heavy atom. The molecule has 0 aromatic heterocycles. The number of hydrogen-bond acceptors (Lipinski definition) is 2. The van der Waals surface area contributed by atoms with Crippen molar-refractivity contribution in [2.24, 2.45) is 5.92 Å². The van der Waals surface area contributed by atoms with E-state index in [1.165, 1.54) is 25.7 Å². The van der Waals surface area contributed by atoms with Crippen LogP contribution in [0.1, 0.15) is 32.6 Å². The van der Waals surface area contributed by atoms with Gasteiger partial charge in [-0.25, -0.2) is 0 Å². The molecule has 1 aliphatic rings. The van der Waals surface area contributed by atoms with Crippen LogP contribution in [0.4, 0.5) is 11.4 Å². The second-order valence-electron chi connectivity index (χ2n) is 4.72. The van der Waals surface area contributed by atoms with Crippen LogP contribution in [0.2, 0.25) is 5.02 Å². The maximum Gasteiger partial charge on any atom is 0.0765 e. The Balaban J connectivity index is 2.13. The molecule has 0 spiro atoms. The van der Waals surface area contributed by atoms with Crippen LogP contribution in [0.15, 0.2) is 18.2 Å². The van der Waals surface area contributed by atoms with Crippen molar-refractivity contribution in [2.75, 3.05) is 11.1 Å². The van der Waals surface area contributed by atoms with Gasteiger partial charge < -0.3 is 11.1 Å². The van der Waals surface area contributed by atoms with E-state index in [2.05, 4.69) is 12.2 Å². The van der Waals surface area contributed by atoms with Gasteiger partial charge in [-0.3, -0.25) is 0 Å². The fourth-order valence-electron chi connectivity index (χ4n) is 2.41. The summed E-state index contributed by atoms with van der Waals surface area (Å²) in [5.41, 5.74) is 7.58. The van der Waals surface area contributed by atoms with Gasteiger partial charge in [-0.1, -0.05) is 37.4 Å². The third-order valence-corrected chi connectivity index (χ3v) is 3.80. The van der Waals surface area contributed by atoms with Gasteiger partial charge in [-0.2, -0.15) is 0 Å². The van der Waals surface area contributed by atoms with Gasteiger partial charge >= 0.3 is 0 Å². The third kappa shape index (κ3) is 2.43. The van der Waals surface area contributed by atoms with Crippen LogP contribution in [0.25, 0.3) is 0 Å². The van der Waals surface area contributed by atoms with Gasteiger partial charge in [0.2, 0.25) is 0 Å².